The van der Waals surface area contributed by atoms with Gasteiger partial charge in [0.15, 0.2) is 16.6 Å². The first-order valence-corrected chi connectivity index (χ1v) is 10.2. The van der Waals surface area contributed by atoms with E-state index < -0.39 is 0 Å². The van der Waals surface area contributed by atoms with Crippen molar-refractivity contribution in [3.05, 3.63) is 17.7 Å². The predicted molar refractivity (Wildman–Crippen MR) is 113 cm³/mol. The fourth-order valence-electron chi connectivity index (χ4n) is 3.83. The zero-order valence-electron chi connectivity index (χ0n) is 17.4. The average Bonchev–Trinajstić information content (AvgIpc) is 3.08. The number of rotatable bonds is 6. The van der Waals surface area contributed by atoms with Crippen molar-refractivity contribution in [3.63, 3.8) is 0 Å². The maximum Gasteiger partial charge on any atom is 0.410 e. The van der Waals surface area contributed by atoms with Crippen LogP contribution in [-0.4, -0.2) is 74.1 Å². The number of thiocarbonyl (C=S) groups is 1. The lowest BCUT2D eigenvalue weighted by atomic mass is 10.0. The van der Waals surface area contributed by atoms with Crippen LogP contribution in [0.15, 0.2) is 12.1 Å². The van der Waals surface area contributed by atoms with E-state index in [-0.39, 0.29) is 18.2 Å². The van der Waals surface area contributed by atoms with Gasteiger partial charge in [-0.3, -0.25) is 0 Å². The molecular weight excluding hydrogens is 394 g/mol. The molecule has 160 valence electrons. The highest BCUT2D eigenvalue weighted by molar-refractivity contribution is 7.80. The second-order valence-electron chi connectivity index (χ2n) is 7.26. The Labute approximate surface area is 177 Å². The van der Waals surface area contributed by atoms with Crippen molar-refractivity contribution in [2.75, 3.05) is 41.0 Å². The lowest BCUT2D eigenvalue weighted by Crippen LogP contribution is -2.49. The lowest BCUT2D eigenvalue weighted by Gasteiger charge is -2.36. The van der Waals surface area contributed by atoms with E-state index in [1.54, 1.807) is 21.3 Å². The summed E-state index contributed by atoms with van der Waals surface area (Å²) in [5.41, 5.74) is 0.977. The number of ether oxygens (including phenoxy) is 4. The van der Waals surface area contributed by atoms with Crippen LogP contribution in [0, 0.1) is 0 Å². The van der Waals surface area contributed by atoms with E-state index in [0.717, 1.165) is 31.5 Å². The Hall–Kier alpha value is -2.42. The molecule has 8 nitrogen and oxygen atoms in total. The highest BCUT2D eigenvalue weighted by Crippen LogP contribution is 2.38. The molecule has 0 aliphatic carbocycles. The standard InChI is InChI=1S/C20H29N3O5S/c1-13-12-23(20(24)28-13)15-5-7-22(8-6-15)19(29)21-11-14-9-16(25-2)18(27-4)17(10-14)26-3/h9-10,13,15H,5-8,11-12H2,1-4H3,(H,21,29). The van der Waals surface area contributed by atoms with Crippen LogP contribution < -0.4 is 19.5 Å². The third kappa shape index (κ3) is 4.77. The molecule has 1 amide bonds. The Morgan fingerprint density at radius 3 is 2.28 bits per heavy atom. The summed E-state index contributed by atoms with van der Waals surface area (Å²) in [6.07, 6.45) is 1.54. The maximum atomic E-state index is 11.9. The van der Waals surface area contributed by atoms with E-state index in [9.17, 15) is 4.79 Å². The van der Waals surface area contributed by atoms with E-state index in [1.807, 2.05) is 24.0 Å². The highest BCUT2D eigenvalue weighted by Gasteiger charge is 2.35. The van der Waals surface area contributed by atoms with Crippen molar-refractivity contribution in [1.82, 2.24) is 15.1 Å². The minimum Gasteiger partial charge on any atom is -0.493 e. The summed E-state index contributed by atoms with van der Waals surface area (Å²) in [4.78, 5) is 15.9. The smallest absolute Gasteiger partial charge is 0.410 e. The molecule has 2 heterocycles. The number of benzene rings is 1. The molecule has 0 saturated carbocycles. The summed E-state index contributed by atoms with van der Waals surface area (Å²) in [6, 6.07) is 4.04. The quantitative estimate of drug-likeness (QED) is 0.700. The third-order valence-corrected chi connectivity index (χ3v) is 5.75. The first kappa shape index (κ1) is 21.3. The number of carbonyl (C=O) groups is 1. The van der Waals surface area contributed by atoms with E-state index in [0.29, 0.717) is 35.5 Å². The molecule has 9 heteroatoms. The summed E-state index contributed by atoms with van der Waals surface area (Å²) >= 11 is 5.58. The topological polar surface area (TPSA) is 72.5 Å². The van der Waals surface area contributed by atoms with Crippen LogP contribution >= 0.6 is 12.2 Å². The molecule has 1 unspecified atom stereocenters. The summed E-state index contributed by atoms with van der Waals surface area (Å²) in [7, 11) is 4.78. The van der Waals surface area contributed by atoms with Crippen molar-refractivity contribution in [2.24, 2.45) is 0 Å². The van der Waals surface area contributed by atoms with Crippen molar-refractivity contribution < 1.29 is 23.7 Å². The van der Waals surface area contributed by atoms with Gasteiger partial charge in [0.1, 0.15) is 6.10 Å². The van der Waals surface area contributed by atoms with Crippen LogP contribution in [0.3, 0.4) is 0 Å². The SMILES string of the molecule is COc1cc(CNC(=S)N2CCC(N3CC(C)OC3=O)CC2)cc(OC)c1OC. The van der Waals surface area contributed by atoms with Crippen molar-refractivity contribution >= 4 is 23.4 Å². The molecule has 0 aromatic heterocycles. The molecule has 2 fully saturated rings. The van der Waals surface area contributed by atoms with Crippen LogP contribution in [0.25, 0.3) is 0 Å². The van der Waals surface area contributed by atoms with Crippen LogP contribution in [-0.2, 0) is 11.3 Å². The first-order valence-electron chi connectivity index (χ1n) is 9.75. The number of hydrogen-bond acceptors (Lipinski definition) is 6. The van der Waals surface area contributed by atoms with Crippen LogP contribution in [0.5, 0.6) is 17.2 Å². The Morgan fingerprint density at radius 2 is 1.79 bits per heavy atom. The number of amides is 1. The molecule has 2 saturated heterocycles. The molecular formula is C20H29N3O5S. The Kier molecular flexibility index (Phi) is 6.89. The van der Waals surface area contributed by atoms with Gasteiger partial charge in [-0.1, -0.05) is 0 Å². The number of methoxy groups -OCH3 is 3. The molecule has 1 atom stereocenters. The fourth-order valence-corrected chi connectivity index (χ4v) is 4.09. The zero-order valence-corrected chi connectivity index (χ0v) is 18.2. The van der Waals surface area contributed by atoms with Crippen molar-refractivity contribution in [1.29, 1.82) is 0 Å². The first-order chi connectivity index (χ1) is 14.0. The van der Waals surface area contributed by atoms with E-state index >= 15 is 0 Å². The van der Waals surface area contributed by atoms with E-state index in [2.05, 4.69) is 10.2 Å². The van der Waals surface area contributed by atoms with Crippen LogP contribution in [0.2, 0.25) is 0 Å². The maximum absolute atomic E-state index is 11.9. The van der Waals surface area contributed by atoms with Gasteiger partial charge in [-0.15, -0.1) is 0 Å². The number of likely N-dealkylation sites (tertiary alicyclic amines) is 1. The number of piperidine rings is 1. The summed E-state index contributed by atoms with van der Waals surface area (Å²) in [5, 5.41) is 4.01. The molecule has 2 aliphatic rings. The number of nitrogens with zero attached hydrogens (tertiary/aromatic N) is 2. The van der Waals surface area contributed by atoms with Crippen LogP contribution in [0.1, 0.15) is 25.3 Å². The van der Waals surface area contributed by atoms with Gasteiger partial charge in [-0.2, -0.15) is 0 Å². The Morgan fingerprint density at radius 1 is 1.17 bits per heavy atom. The van der Waals surface area contributed by atoms with Gasteiger partial charge in [0, 0.05) is 25.7 Å². The summed E-state index contributed by atoms with van der Waals surface area (Å²) in [5.74, 6) is 1.79. The number of hydrogen-bond donors (Lipinski definition) is 1. The molecule has 29 heavy (non-hydrogen) atoms. The van der Waals surface area contributed by atoms with Crippen molar-refractivity contribution in [2.45, 2.75) is 38.5 Å². The molecule has 1 N–H and O–H groups in total. The molecule has 3 rings (SSSR count). The lowest BCUT2D eigenvalue weighted by molar-refractivity contribution is 0.123. The third-order valence-electron chi connectivity index (χ3n) is 5.35. The highest BCUT2D eigenvalue weighted by atomic mass is 32.1. The second-order valence-corrected chi connectivity index (χ2v) is 7.64. The second kappa shape index (κ2) is 9.39. The van der Waals surface area contributed by atoms with Crippen molar-refractivity contribution in [3.8, 4) is 17.2 Å². The van der Waals surface area contributed by atoms with Gasteiger partial charge in [-0.25, -0.2) is 4.79 Å². The summed E-state index contributed by atoms with van der Waals surface area (Å²) < 4.78 is 21.4. The van der Waals surface area contributed by atoms with E-state index in [4.69, 9.17) is 31.2 Å². The van der Waals surface area contributed by atoms with Gasteiger partial charge in [0.25, 0.3) is 0 Å². The normalized spacial score (nSPS) is 19.7. The predicted octanol–water partition coefficient (Wildman–Crippen LogP) is 2.39. The Balaban J connectivity index is 1.53. The number of carbonyl (C=O) groups excluding carboxylic acids is 1. The average molecular weight is 424 g/mol. The van der Waals surface area contributed by atoms with Gasteiger partial charge < -0.3 is 34.1 Å². The van der Waals surface area contributed by atoms with Gasteiger partial charge in [-0.05, 0) is 49.7 Å². The molecule has 0 bridgehead atoms. The van der Waals surface area contributed by atoms with Gasteiger partial charge in [0.05, 0.1) is 27.9 Å². The largest absolute Gasteiger partial charge is 0.493 e. The number of cyclic esters (lactones) is 1. The van der Waals surface area contributed by atoms with E-state index in [1.165, 1.54) is 0 Å². The molecule has 1 aromatic rings. The molecule has 0 radical (unpaired) electrons. The zero-order chi connectivity index (χ0) is 21.0. The minimum atomic E-state index is -0.195. The monoisotopic (exact) mass is 423 g/mol. The molecule has 2 aliphatic heterocycles. The van der Waals surface area contributed by atoms with Gasteiger partial charge >= 0.3 is 6.09 Å². The number of nitrogens with one attached hydrogen (secondary N) is 1. The van der Waals surface area contributed by atoms with Gasteiger partial charge in [0.2, 0.25) is 5.75 Å². The molecule has 0 spiro atoms. The fraction of sp³-hybridized carbons (Fsp3) is 0.600. The Bertz CT molecular complexity index is 727. The van der Waals surface area contributed by atoms with Crippen LogP contribution in [0.4, 0.5) is 4.79 Å². The molecule has 1 aromatic carbocycles. The minimum absolute atomic E-state index is 0.0262. The summed E-state index contributed by atoms with van der Waals surface area (Å²) in [6.45, 7) is 4.77.